The molecular formula is C17H15NO6S. The molecule has 1 aromatic carbocycles. The van der Waals surface area contributed by atoms with Gasteiger partial charge in [-0.1, -0.05) is 11.2 Å². The summed E-state index contributed by atoms with van der Waals surface area (Å²) in [5.41, 5.74) is 1.23. The summed E-state index contributed by atoms with van der Waals surface area (Å²) in [6, 6.07) is 9.37. The second-order valence-electron chi connectivity index (χ2n) is 5.48. The van der Waals surface area contributed by atoms with Crippen molar-refractivity contribution in [3.8, 4) is 11.5 Å². The molecule has 3 rings (SSSR count). The largest absolute Gasteiger partial charge is 0.461 e. The minimum atomic E-state index is -3.41. The van der Waals surface area contributed by atoms with Gasteiger partial charge in [-0.15, -0.1) is 0 Å². The Morgan fingerprint density at radius 1 is 1.20 bits per heavy atom. The molecule has 0 radical (unpaired) electrons. The molecule has 0 saturated carbocycles. The molecular weight excluding hydrogens is 346 g/mol. The van der Waals surface area contributed by atoms with Crippen LogP contribution in [0.25, 0.3) is 11.5 Å². The van der Waals surface area contributed by atoms with Crippen LogP contribution in [-0.2, 0) is 21.2 Å². The Morgan fingerprint density at radius 3 is 2.68 bits per heavy atom. The minimum Gasteiger partial charge on any atom is -0.461 e. The highest BCUT2D eigenvalue weighted by atomic mass is 32.2. The molecule has 3 aromatic rings. The molecule has 0 aliphatic heterocycles. The van der Waals surface area contributed by atoms with Crippen molar-refractivity contribution < 1.29 is 26.9 Å². The van der Waals surface area contributed by atoms with Gasteiger partial charge >= 0.3 is 5.97 Å². The highest BCUT2D eigenvalue weighted by Crippen LogP contribution is 2.21. The van der Waals surface area contributed by atoms with Gasteiger partial charge in [-0.2, -0.15) is 0 Å². The summed E-state index contributed by atoms with van der Waals surface area (Å²) in [5, 5.41) is 3.81. The summed E-state index contributed by atoms with van der Waals surface area (Å²) in [4.78, 5) is 12.3. The summed E-state index contributed by atoms with van der Waals surface area (Å²) < 4.78 is 38.8. The molecule has 8 heteroatoms. The first kappa shape index (κ1) is 17.0. The van der Waals surface area contributed by atoms with E-state index >= 15 is 0 Å². The molecule has 0 saturated heterocycles. The number of aryl methyl sites for hydroxylation is 1. The van der Waals surface area contributed by atoms with E-state index in [4.69, 9.17) is 13.7 Å². The molecule has 0 bridgehead atoms. The van der Waals surface area contributed by atoms with Crippen LogP contribution in [0.1, 0.15) is 21.6 Å². The Labute approximate surface area is 144 Å². The standard InChI is InChI=1S/C17H15NO6S/c1-11-5-6-13(25(2,20)21)9-14(11)17(19)23-10-12-8-16(24-18-12)15-4-3-7-22-15/h3-9H,10H2,1-2H3. The predicted molar refractivity (Wildman–Crippen MR) is 87.6 cm³/mol. The van der Waals surface area contributed by atoms with Gasteiger partial charge in [0, 0.05) is 12.3 Å². The van der Waals surface area contributed by atoms with Gasteiger partial charge in [0.15, 0.2) is 15.6 Å². The highest BCUT2D eigenvalue weighted by molar-refractivity contribution is 7.90. The van der Waals surface area contributed by atoms with Gasteiger partial charge in [0.2, 0.25) is 5.76 Å². The van der Waals surface area contributed by atoms with Gasteiger partial charge in [0.25, 0.3) is 0 Å². The third kappa shape index (κ3) is 3.80. The normalized spacial score (nSPS) is 11.4. The third-order valence-electron chi connectivity index (χ3n) is 3.53. The number of ether oxygens (including phenoxy) is 1. The van der Waals surface area contributed by atoms with Crippen molar-refractivity contribution >= 4 is 15.8 Å². The van der Waals surface area contributed by atoms with Crippen molar-refractivity contribution in [1.29, 1.82) is 0 Å². The zero-order valence-electron chi connectivity index (χ0n) is 13.6. The number of hydrogen-bond acceptors (Lipinski definition) is 7. The second kappa shape index (κ2) is 6.56. The summed E-state index contributed by atoms with van der Waals surface area (Å²) in [6.07, 6.45) is 2.59. The van der Waals surface area contributed by atoms with E-state index in [2.05, 4.69) is 5.16 Å². The van der Waals surface area contributed by atoms with E-state index in [0.717, 1.165) is 6.26 Å². The Hall–Kier alpha value is -2.87. The molecule has 0 aliphatic rings. The van der Waals surface area contributed by atoms with Gasteiger partial charge in [0.05, 0.1) is 16.7 Å². The van der Waals surface area contributed by atoms with Crippen LogP contribution in [0.15, 0.2) is 56.5 Å². The number of carbonyl (C=O) groups is 1. The first-order chi connectivity index (χ1) is 11.8. The van der Waals surface area contributed by atoms with Crippen LogP contribution in [0.2, 0.25) is 0 Å². The van der Waals surface area contributed by atoms with Crippen molar-refractivity contribution in [2.75, 3.05) is 6.26 Å². The van der Waals surface area contributed by atoms with Gasteiger partial charge in [0.1, 0.15) is 12.3 Å². The fourth-order valence-electron chi connectivity index (χ4n) is 2.18. The van der Waals surface area contributed by atoms with Crippen molar-refractivity contribution in [3.63, 3.8) is 0 Å². The molecule has 0 fully saturated rings. The first-order valence-electron chi connectivity index (χ1n) is 7.32. The maximum atomic E-state index is 12.3. The topological polar surface area (TPSA) is 99.6 Å². The van der Waals surface area contributed by atoms with E-state index in [1.165, 1.54) is 18.4 Å². The number of esters is 1. The number of furan rings is 1. The van der Waals surface area contributed by atoms with Crippen LogP contribution in [-0.4, -0.2) is 25.8 Å². The number of nitrogens with zero attached hydrogens (tertiary/aromatic N) is 1. The van der Waals surface area contributed by atoms with Gasteiger partial charge < -0.3 is 13.7 Å². The SMILES string of the molecule is Cc1ccc(S(C)(=O)=O)cc1C(=O)OCc1cc(-c2ccco2)on1. The quantitative estimate of drug-likeness (QED) is 0.644. The number of benzene rings is 1. The van der Waals surface area contributed by atoms with Crippen molar-refractivity contribution in [1.82, 2.24) is 5.16 Å². The predicted octanol–water partition coefficient (Wildman–Crippen LogP) is 3.00. The number of rotatable bonds is 5. The molecule has 0 unspecified atom stereocenters. The van der Waals surface area contributed by atoms with Crippen LogP contribution in [0.3, 0.4) is 0 Å². The zero-order valence-corrected chi connectivity index (χ0v) is 14.4. The number of carbonyl (C=O) groups excluding carboxylic acids is 1. The zero-order chi connectivity index (χ0) is 18.0. The third-order valence-corrected chi connectivity index (χ3v) is 4.64. The Bertz CT molecular complexity index is 1000. The molecule has 130 valence electrons. The molecule has 7 nitrogen and oxygen atoms in total. The van der Waals surface area contributed by atoms with Crippen molar-refractivity contribution in [2.24, 2.45) is 0 Å². The molecule has 0 amide bonds. The fourth-order valence-corrected chi connectivity index (χ4v) is 2.83. The molecule has 0 aliphatic carbocycles. The smallest absolute Gasteiger partial charge is 0.338 e. The monoisotopic (exact) mass is 361 g/mol. The molecule has 0 spiro atoms. The van der Waals surface area contributed by atoms with E-state index in [9.17, 15) is 13.2 Å². The molecule has 0 atom stereocenters. The Morgan fingerprint density at radius 2 is 2.00 bits per heavy atom. The van der Waals surface area contributed by atoms with Gasteiger partial charge in [-0.3, -0.25) is 0 Å². The maximum absolute atomic E-state index is 12.3. The lowest BCUT2D eigenvalue weighted by Gasteiger charge is -2.07. The molecule has 2 heterocycles. The molecule has 0 N–H and O–H groups in total. The average Bonchev–Trinajstić information content (AvgIpc) is 3.23. The number of aromatic nitrogens is 1. The van der Waals surface area contributed by atoms with E-state index in [1.54, 1.807) is 31.2 Å². The summed E-state index contributed by atoms with van der Waals surface area (Å²) >= 11 is 0. The van der Waals surface area contributed by atoms with E-state index < -0.39 is 15.8 Å². The fraction of sp³-hybridized carbons (Fsp3) is 0.176. The van der Waals surface area contributed by atoms with Gasteiger partial charge in [-0.05, 0) is 36.8 Å². The van der Waals surface area contributed by atoms with E-state index in [1.807, 2.05) is 0 Å². The number of sulfone groups is 1. The summed E-state index contributed by atoms with van der Waals surface area (Å²) in [6.45, 7) is 1.60. The van der Waals surface area contributed by atoms with Crippen LogP contribution >= 0.6 is 0 Å². The van der Waals surface area contributed by atoms with Crippen LogP contribution < -0.4 is 0 Å². The summed E-state index contributed by atoms with van der Waals surface area (Å²) in [7, 11) is -3.41. The van der Waals surface area contributed by atoms with Crippen LogP contribution in [0.4, 0.5) is 0 Å². The first-order valence-corrected chi connectivity index (χ1v) is 9.21. The molecule has 2 aromatic heterocycles. The summed E-state index contributed by atoms with van der Waals surface area (Å²) in [5.74, 6) is 0.304. The van der Waals surface area contributed by atoms with Crippen molar-refractivity contribution in [2.45, 2.75) is 18.4 Å². The van der Waals surface area contributed by atoms with Crippen molar-refractivity contribution in [3.05, 3.63) is 59.5 Å². The highest BCUT2D eigenvalue weighted by Gasteiger charge is 2.17. The second-order valence-corrected chi connectivity index (χ2v) is 7.50. The minimum absolute atomic E-state index is 0.0617. The van der Waals surface area contributed by atoms with E-state index in [0.29, 0.717) is 22.8 Å². The lowest BCUT2D eigenvalue weighted by molar-refractivity contribution is 0.0463. The number of hydrogen-bond donors (Lipinski definition) is 0. The average molecular weight is 361 g/mol. The van der Waals surface area contributed by atoms with Crippen LogP contribution in [0.5, 0.6) is 0 Å². The van der Waals surface area contributed by atoms with Gasteiger partial charge in [-0.25, -0.2) is 13.2 Å². The van der Waals surface area contributed by atoms with E-state index in [-0.39, 0.29) is 17.1 Å². The van der Waals surface area contributed by atoms with Crippen LogP contribution in [0, 0.1) is 6.92 Å². The molecule has 25 heavy (non-hydrogen) atoms. The maximum Gasteiger partial charge on any atom is 0.338 e. The lowest BCUT2D eigenvalue weighted by atomic mass is 10.1. The lowest BCUT2D eigenvalue weighted by Crippen LogP contribution is -2.09. The Kier molecular flexibility index (Phi) is 4.45. The Balaban J connectivity index is 1.73.